The zero-order valence-corrected chi connectivity index (χ0v) is 19.1. The summed E-state index contributed by atoms with van der Waals surface area (Å²) in [6.45, 7) is 8.28. The lowest BCUT2D eigenvalue weighted by Gasteiger charge is -2.39. The van der Waals surface area contributed by atoms with E-state index in [1.165, 1.54) is 17.0 Å². The molecule has 3 rings (SSSR count). The van der Waals surface area contributed by atoms with Crippen LogP contribution < -0.4 is 15.5 Å². The molecule has 2 heterocycles. The number of piperazine rings is 1. The van der Waals surface area contributed by atoms with E-state index in [0.717, 1.165) is 30.0 Å². The number of hydrogen-bond donors (Lipinski definition) is 2. The maximum absolute atomic E-state index is 12.4. The maximum atomic E-state index is 12.4. The number of halogens is 1. The lowest BCUT2D eigenvalue weighted by atomic mass is 10.2. The molecule has 2 amide bonds. The van der Waals surface area contributed by atoms with E-state index in [1.807, 2.05) is 12.1 Å². The highest BCUT2D eigenvalue weighted by Gasteiger charge is 2.23. The summed E-state index contributed by atoms with van der Waals surface area (Å²) in [7, 11) is 0. The largest absolute Gasteiger partial charge is 0.369 e. The molecule has 6 nitrogen and oxygen atoms in total. The first-order valence-electron chi connectivity index (χ1n) is 9.82. The topological polar surface area (TPSA) is 64.7 Å². The highest BCUT2D eigenvalue weighted by Crippen LogP contribution is 2.22. The normalized spacial score (nSPS) is 16.9. The highest BCUT2D eigenvalue weighted by molar-refractivity contribution is 9.11. The van der Waals surface area contributed by atoms with Crippen molar-refractivity contribution in [1.82, 2.24) is 15.5 Å². The van der Waals surface area contributed by atoms with Crippen LogP contribution in [0.25, 0.3) is 0 Å². The van der Waals surface area contributed by atoms with Gasteiger partial charge < -0.3 is 15.5 Å². The molecule has 156 valence electrons. The zero-order valence-electron chi connectivity index (χ0n) is 16.7. The Hall–Kier alpha value is -1.90. The van der Waals surface area contributed by atoms with Crippen LogP contribution >= 0.6 is 27.3 Å². The van der Waals surface area contributed by atoms with Crippen molar-refractivity contribution in [2.24, 2.45) is 0 Å². The maximum Gasteiger partial charge on any atom is 0.262 e. The van der Waals surface area contributed by atoms with E-state index in [1.54, 1.807) is 13.0 Å². The van der Waals surface area contributed by atoms with Gasteiger partial charge in [0.05, 0.1) is 8.66 Å². The molecule has 0 radical (unpaired) electrons. The highest BCUT2D eigenvalue weighted by atomic mass is 79.9. The predicted molar refractivity (Wildman–Crippen MR) is 122 cm³/mol. The number of carbonyl (C=O) groups excluding carboxylic acids is 2. The van der Waals surface area contributed by atoms with Crippen molar-refractivity contribution >= 4 is 44.8 Å². The Labute approximate surface area is 184 Å². The second-order valence-electron chi connectivity index (χ2n) is 7.25. The number of amides is 2. The first-order chi connectivity index (χ1) is 13.9. The second-order valence-corrected chi connectivity index (χ2v) is 9.71. The number of hydrogen-bond acceptors (Lipinski definition) is 5. The number of para-hydroxylation sites is 1. The molecule has 1 aliphatic heterocycles. The van der Waals surface area contributed by atoms with Crippen molar-refractivity contribution in [2.75, 3.05) is 37.6 Å². The quantitative estimate of drug-likeness (QED) is 0.641. The fraction of sp³-hybridized carbons (Fsp3) is 0.429. The van der Waals surface area contributed by atoms with E-state index in [-0.39, 0.29) is 17.9 Å². The third-order valence-corrected chi connectivity index (χ3v) is 6.79. The molecule has 8 heteroatoms. The van der Waals surface area contributed by atoms with E-state index < -0.39 is 6.04 Å². The molecule has 1 fully saturated rings. The monoisotopic (exact) mass is 478 g/mol. The summed E-state index contributed by atoms with van der Waals surface area (Å²) in [5.74, 6) is -0.392. The summed E-state index contributed by atoms with van der Waals surface area (Å²) in [6, 6.07) is 13.7. The minimum absolute atomic E-state index is 0.163. The van der Waals surface area contributed by atoms with Gasteiger partial charge in [-0.05, 0) is 54.0 Å². The van der Waals surface area contributed by atoms with Crippen LogP contribution in [0.3, 0.4) is 0 Å². The number of carbonyl (C=O) groups is 2. The molecular formula is C21H27BrN4O2S. The second kappa shape index (κ2) is 10.2. The summed E-state index contributed by atoms with van der Waals surface area (Å²) in [5, 5.41) is 5.72. The standard InChI is InChI=1S/C21H27BrN4O2S/c1-15(25-10-12-26(13-11-25)17-6-4-3-5-7-17)14-23-20(27)16(2)24-21(28)18-8-9-19(22)29-18/h3-9,15-16H,10-14H2,1-2H3,(H,23,27)(H,24,28). The van der Waals surface area contributed by atoms with Crippen molar-refractivity contribution in [3.63, 3.8) is 0 Å². The zero-order chi connectivity index (χ0) is 20.8. The summed E-state index contributed by atoms with van der Waals surface area (Å²) in [5.41, 5.74) is 1.26. The number of rotatable bonds is 7. The van der Waals surface area contributed by atoms with Crippen LogP contribution in [0.1, 0.15) is 23.5 Å². The lowest BCUT2D eigenvalue weighted by Crippen LogP contribution is -2.53. The molecule has 0 saturated carbocycles. The van der Waals surface area contributed by atoms with E-state index in [4.69, 9.17) is 0 Å². The Morgan fingerprint density at radius 1 is 1.07 bits per heavy atom. The Morgan fingerprint density at radius 3 is 2.38 bits per heavy atom. The molecule has 0 bridgehead atoms. The molecule has 2 N–H and O–H groups in total. The molecule has 29 heavy (non-hydrogen) atoms. The van der Waals surface area contributed by atoms with Gasteiger partial charge in [-0.3, -0.25) is 14.5 Å². The number of nitrogens with one attached hydrogen (secondary N) is 2. The fourth-order valence-electron chi connectivity index (χ4n) is 3.36. The van der Waals surface area contributed by atoms with Gasteiger partial charge in [-0.2, -0.15) is 0 Å². The summed E-state index contributed by atoms with van der Waals surface area (Å²) >= 11 is 4.69. The van der Waals surface area contributed by atoms with Gasteiger partial charge in [0.1, 0.15) is 6.04 Å². The third-order valence-electron chi connectivity index (χ3n) is 5.17. The number of thiophene rings is 1. The molecule has 1 aromatic carbocycles. The van der Waals surface area contributed by atoms with Crippen molar-refractivity contribution in [2.45, 2.75) is 25.9 Å². The predicted octanol–water partition coefficient (Wildman–Crippen LogP) is 2.96. The van der Waals surface area contributed by atoms with Gasteiger partial charge in [0, 0.05) is 44.5 Å². The molecule has 1 saturated heterocycles. The summed E-state index contributed by atoms with van der Waals surface area (Å²) in [6.07, 6.45) is 0. The van der Waals surface area contributed by atoms with Crippen molar-refractivity contribution in [3.8, 4) is 0 Å². The average Bonchev–Trinajstić information content (AvgIpc) is 3.19. The van der Waals surface area contributed by atoms with Crippen LogP contribution in [-0.2, 0) is 4.79 Å². The van der Waals surface area contributed by atoms with Crippen LogP contribution in [0.2, 0.25) is 0 Å². The van der Waals surface area contributed by atoms with Crippen LogP contribution in [0.15, 0.2) is 46.3 Å². The van der Waals surface area contributed by atoms with E-state index in [2.05, 4.69) is 67.6 Å². The SMILES string of the molecule is CC(NC(=O)c1ccc(Br)s1)C(=O)NCC(C)N1CCN(c2ccccc2)CC1. The van der Waals surface area contributed by atoms with Gasteiger partial charge >= 0.3 is 0 Å². The molecule has 0 aliphatic carbocycles. The van der Waals surface area contributed by atoms with Crippen molar-refractivity contribution in [3.05, 3.63) is 51.1 Å². The molecule has 2 atom stereocenters. The summed E-state index contributed by atoms with van der Waals surface area (Å²) < 4.78 is 0.890. The molecule has 2 aromatic rings. The van der Waals surface area contributed by atoms with Crippen molar-refractivity contribution < 1.29 is 9.59 Å². The van der Waals surface area contributed by atoms with E-state index >= 15 is 0 Å². The van der Waals surface area contributed by atoms with E-state index in [0.29, 0.717) is 11.4 Å². The Bertz CT molecular complexity index is 821. The van der Waals surface area contributed by atoms with Crippen molar-refractivity contribution in [1.29, 1.82) is 0 Å². The van der Waals surface area contributed by atoms with Crippen LogP contribution in [-0.4, -0.2) is 61.5 Å². The van der Waals surface area contributed by atoms with Gasteiger partial charge in [0.25, 0.3) is 5.91 Å². The third kappa shape index (κ3) is 6.04. The first-order valence-corrected chi connectivity index (χ1v) is 11.4. The Morgan fingerprint density at radius 2 is 1.76 bits per heavy atom. The Balaban J connectivity index is 1.40. The van der Waals surface area contributed by atoms with Gasteiger partial charge in [-0.25, -0.2) is 0 Å². The Kier molecular flexibility index (Phi) is 7.69. The molecule has 0 spiro atoms. The molecule has 2 unspecified atom stereocenters. The number of anilines is 1. The number of benzene rings is 1. The smallest absolute Gasteiger partial charge is 0.262 e. The van der Waals surface area contributed by atoms with Crippen LogP contribution in [0, 0.1) is 0 Å². The first kappa shape index (κ1) is 21.8. The summed E-state index contributed by atoms with van der Waals surface area (Å²) in [4.78, 5) is 29.9. The number of nitrogens with zero attached hydrogens (tertiary/aromatic N) is 2. The van der Waals surface area contributed by atoms with E-state index in [9.17, 15) is 9.59 Å². The average molecular weight is 479 g/mol. The van der Waals surface area contributed by atoms with Gasteiger partial charge in [0.15, 0.2) is 0 Å². The van der Waals surface area contributed by atoms with Gasteiger partial charge in [-0.1, -0.05) is 18.2 Å². The van der Waals surface area contributed by atoms with Gasteiger partial charge in [-0.15, -0.1) is 11.3 Å². The van der Waals surface area contributed by atoms with Crippen LogP contribution in [0.5, 0.6) is 0 Å². The van der Waals surface area contributed by atoms with Gasteiger partial charge in [0.2, 0.25) is 5.91 Å². The molecule has 1 aliphatic rings. The fourth-order valence-corrected chi connectivity index (χ4v) is 4.65. The molecule has 1 aromatic heterocycles. The lowest BCUT2D eigenvalue weighted by molar-refractivity contribution is -0.122. The molecular weight excluding hydrogens is 452 g/mol. The van der Waals surface area contributed by atoms with Crippen LogP contribution in [0.4, 0.5) is 5.69 Å². The minimum Gasteiger partial charge on any atom is -0.369 e. The minimum atomic E-state index is -0.578.